The molecule has 0 aliphatic carbocycles. The van der Waals surface area contributed by atoms with Crippen LogP contribution < -0.4 is 4.74 Å². The molecule has 1 aliphatic heterocycles. The number of amides is 2. The second kappa shape index (κ2) is 5.58. The van der Waals surface area contributed by atoms with E-state index in [9.17, 15) is 18.8 Å². The number of hydroxylamine groups is 2. The zero-order valence-corrected chi connectivity index (χ0v) is 11.9. The number of rotatable bonds is 3. The van der Waals surface area contributed by atoms with Crippen LogP contribution in [0.5, 0.6) is 5.75 Å². The normalized spacial score (nSPS) is 14.7. The number of halogens is 2. The monoisotopic (exact) mass is 345 g/mol. The molecule has 2 amide bonds. The lowest BCUT2D eigenvalue weighted by Gasteiger charge is -2.14. The Morgan fingerprint density at radius 3 is 2.45 bits per heavy atom. The molecule has 0 spiro atoms. The summed E-state index contributed by atoms with van der Waals surface area (Å²) in [7, 11) is 1.24. The van der Waals surface area contributed by atoms with Gasteiger partial charge in [-0.3, -0.25) is 9.59 Å². The maximum Gasteiger partial charge on any atom is 0.365 e. The van der Waals surface area contributed by atoms with Gasteiger partial charge in [-0.05, 0) is 28.1 Å². The van der Waals surface area contributed by atoms with E-state index in [1.807, 2.05) is 0 Å². The maximum absolute atomic E-state index is 13.4. The molecule has 0 bridgehead atoms. The molecule has 0 unspecified atom stereocenters. The molecule has 6 nitrogen and oxygen atoms in total. The lowest BCUT2D eigenvalue weighted by Crippen LogP contribution is -2.32. The van der Waals surface area contributed by atoms with Crippen LogP contribution in [0.3, 0.4) is 0 Å². The Labute approximate surface area is 121 Å². The summed E-state index contributed by atoms with van der Waals surface area (Å²) in [5.74, 6) is -2.95. The summed E-state index contributed by atoms with van der Waals surface area (Å²) in [6, 6.07) is 2.15. The van der Waals surface area contributed by atoms with Crippen molar-refractivity contribution >= 4 is 33.7 Å². The number of nitrogens with zero attached hydrogens (tertiary/aromatic N) is 1. The van der Waals surface area contributed by atoms with Crippen molar-refractivity contribution in [3.05, 3.63) is 28.0 Å². The maximum atomic E-state index is 13.4. The number of methoxy groups -OCH3 is 1. The second-order valence-corrected chi connectivity index (χ2v) is 4.78. The van der Waals surface area contributed by atoms with E-state index in [-0.39, 0.29) is 28.6 Å². The highest BCUT2D eigenvalue weighted by Crippen LogP contribution is 2.27. The van der Waals surface area contributed by atoms with Gasteiger partial charge in [-0.25, -0.2) is 9.18 Å². The van der Waals surface area contributed by atoms with Crippen molar-refractivity contribution in [3.8, 4) is 5.75 Å². The van der Waals surface area contributed by atoms with Crippen molar-refractivity contribution in [2.24, 2.45) is 0 Å². The Morgan fingerprint density at radius 2 is 1.90 bits per heavy atom. The van der Waals surface area contributed by atoms with Crippen LogP contribution >= 0.6 is 15.9 Å². The molecular weight excluding hydrogens is 337 g/mol. The number of imide groups is 1. The predicted molar refractivity (Wildman–Crippen MR) is 67.2 cm³/mol. The smallest absolute Gasteiger partial charge is 0.365 e. The molecule has 1 saturated heterocycles. The van der Waals surface area contributed by atoms with E-state index in [1.54, 1.807) is 0 Å². The molecule has 1 aromatic carbocycles. The van der Waals surface area contributed by atoms with Crippen LogP contribution in [-0.4, -0.2) is 30.0 Å². The van der Waals surface area contributed by atoms with E-state index in [1.165, 1.54) is 7.11 Å². The average molecular weight is 346 g/mol. The van der Waals surface area contributed by atoms with Crippen LogP contribution in [0.1, 0.15) is 23.2 Å². The minimum atomic E-state index is -0.959. The molecule has 0 saturated carbocycles. The van der Waals surface area contributed by atoms with Gasteiger partial charge in [0.1, 0.15) is 0 Å². The van der Waals surface area contributed by atoms with Crippen molar-refractivity contribution in [2.75, 3.05) is 7.11 Å². The van der Waals surface area contributed by atoms with E-state index in [0.29, 0.717) is 5.06 Å². The molecule has 106 valence electrons. The fourth-order valence-electron chi connectivity index (χ4n) is 1.63. The zero-order valence-electron chi connectivity index (χ0n) is 10.3. The van der Waals surface area contributed by atoms with Crippen molar-refractivity contribution in [3.63, 3.8) is 0 Å². The standard InChI is InChI=1S/C12H9BrFNO5/c1-19-9-4-6(7(13)5-8(9)14)12(18)20-15-10(16)2-3-11(15)17/h4-5H,2-3H2,1H3. The van der Waals surface area contributed by atoms with Gasteiger partial charge < -0.3 is 9.57 Å². The summed E-state index contributed by atoms with van der Waals surface area (Å²) >= 11 is 3.01. The van der Waals surface area contributed by atoms with Gasteiger partial charge >= 0.3 is 5.97 Å². The van der Waals surface area contributed by atoms with E-state index < -0.39 is 23.6 Å². The second-order valence-electron chi connectivity index (χ2n) is 3.93. The van der Waals surface area contributed by atoms with Gasteiger partial charge in [0.05, 0.1) is 12.7 Å². The number of hydrogen-bond donors (Lipinski definition) is 0. The van der Waals surface area contributed by atoms with E-state index in [2.05, 4.69) is 15.9 Å². The van der Waals surface area contributed by atoms with Gasteiger partial charge in [0.15, 0.2) is 11.6 Å². The zero-order chi connectivity index (χ0) is 14.9. The molecule has 1 fully saturated rings. The van der Waals surface area contributed by atoms with Crippen molar-refractivity contribution in [1.29, 1.82) is 0 Å². The number of carbonyl (C=O) groups excluding carboxylic acids is 3. The first kappa shape index (κ1) is 14.4. The van der Waals surface area contributed by atoms with Gasteiger partial charge in [-0.15, -0.1) is 5.06 Å². The molecule has 0 atom stereocenters. The van der Waals surface area contributed by atoms with E-state index in [0.717, 1.165) is 12.1 Å². The largest absolute Gasteiger partial charge is 0.494 e. The molecule has 0 radical (unpaired) electrons. The highest BCUT2D eigenvalue weighted by molar-refractivity contribution is 9.10. The van der Waals surface area contributed by atoms with Crippen LogP contribution in [0.4, 0.5) is 4.39 Å². The lowest BCUT2D eigenvalue weighted by molar-refractivity contribution is -0.172. The SMILES string of the molecule is COc1cc(C(=O)ON2C(=O)CCC2=O)c(Br)cc1F. The number of ether oxygens (including phenoxy) is 1. The average Bonchev–Trinajstić information content (AvgIpc) is 2.70. The minimum Gasteiger partial charge on any atom is -0.494 e. The Hall–Kier alpha value is -1.96. The Bertz CT molecular complexity index is 588. The van der Waals surface area contributed by atoms with Crippen LogP contribution in [0.2, 0.25) is 0 Å². The first-order valence-electron chi connectivity index (χ1n) is 5.55. The highest BCUT2D eigenvalue weighted by atomic mass is 79.9. The molecule has 1 aromatic rings. The fourth-order valence-corrected chi connectivity index (χ4v) is 2.11. The summed E-state index contributed by atoms with van der Waals surface area (Å²) in [5.41, 5.74) is -0.0595. The summed E-state index contributed by atoms with van der Waals surface area (Å²) in [6.07, 6.45) is 0.0000435. The van der Waals surface area contributed by atoms with Gasteiger partial charge in [0, 0.05) is 17.3 Å². The third-order valence-electron chi connectivity index (χ3n) is 2.64. The highest BCUT2D eigenvalue weighted by Gasteiger charge is 2.33. The third-order valence-corrected chi connectivity index (χ3v) is 3.30. The molecule has 0 aromatic heterocycles. The van der Waals surface area contributed by atoms with Crippen molar-refractivity contribution < 1.29 is 28.3 Å². The van der Waals surface area contributed by atoms with E-state index >= 15 is 0 Å². The van der Waals surface area contributed by atoms with Crippen molar-refractivity contribution in [2.45, 2.75) is 12.8 Å². The van der Waals surface area contributed by atoms with Crippen LogP contribution in [0.25, 0.3) is 0 Å². The number of carbonyl (C=O) groups is 3. The number of hydrogen-bond acceptors (Lipinski definition) is 5. The summed E-state index contributed by atoms with van der Waals surface area (Å²) in [6.45, 7) is 0. The Morgan fingerprint density at radius 1 is 1.30 bits per heavy atom. The molecule has 1 aliphatic rings. The topological polar surface area (TPSA) is 72.9 Å². The molecule has 2 rings (SSSR count). The quantitative estimate of drug-likeness (QED) is 0.781. The molecule has 0 N–H and O–H groups in total. The summed E-state index contributed by atoms with van der Waals surface area (Å²) in [5, 5.41) is 0.421. The first-order valence-corrected chi connectivity index (χ1v) is 6.34. The van der Waals surface area contributed by atoms with Gasteiger partial charge in [-0.1, -0.05) is 0 Å². The van der Waals surface area contributed by atoms with Crippen LogP contribution in [0.15, 0.2) is 16.6 Å². The lowest BCUT2D eigenvalue weighted by atomic mass is 10.2. The van der Waals surface area contributed by atoms with Crippen LogP contribution in [-0.2, 0) is 14.4 Å². The van der Waals surface area contributed by atoms with Gasteiger partial charge in [-0.2, -0.15) is 0 Å². The minimum absolute atomic E-state index is 0.0000217. The summed E-state index contributed by atoms with van der Waals surface area (Å²) < 4.78 is 18.3. The predicted octanol–water partition coefficient (Wildman–Crippen LogP) is 1.82. The van der Waals surface area contributed by atoms with Crippen LogP contribution in [0, 0.1) is 5.82 Å². The van der Waals surface area contributed by atoms with Gasteiger partial charge in [0.2, 0.25) is 0 Å². The first-order chi connectivity index (χ1) is 9.43. The molecule has 8 heteroatoms. The fraction of sp³-hybridized carbons (Fsp3) is 0.250. The Balaban J connectivity index is 2.25. The van der Waals surface area contributed by atoms with Crippen molar-refractivity contribution in [1.82, 2.24) is 5.06 Å². The third kappa shape index (κ3) is 2.64. The molecule has 1 heterocycles. The molecular formula is C12H9BrFNO5. The van der Waals surface area contributed by atoms with E-state index in [4.69, 9.17) is 9.57 Å². The summed E-state index contributed by atoms with van der Waals surface area (Å²) in [4.78, 5) is 39.3. The molecule has 20 heavy (non-hydrogen) atoms. The van der Waals surface area contributed by atoms with Gasteiger partial charge in [0.25, 0.3) is 11.8 Å². The number of benzene rings is 1. The Kier molecular flexibility index (Phi) is 4.03.